The van der Waals surface area contributed by atoms with Crippen LogP contribution in [0.2, 0.25) is 0 Å². The molecular weight excluding hydrogens is 216 g/mol. The maximum Gasteiger partial charge on any atom is 0.368 e. The first-order chi connectivity index (χ1) is 7.03. The van der Waals surface area contributed by atoms with Gasteiger partial charge in [-0.3, -0.25) is 4.21 Å². The van der Waals surface area contributed by atoms with Gasteiger partial charge in [-0.1, -0.05) is 6.08 Å². The lowest BCUT2D eigenvalue weighted by atomic mass is 10.4. The molecule has 1 fully saturated rings. The van der Waals surface area contributed by atoms with Gasteiger partial charge >= 0.3 is 5.69 Å². The number of aromatic nitrogens is 4. The number of allylic oxidation sites excluding steroid dienone is 1. The molecule has 1 aromatic rings. The van der Waals surface area contributed by atoms with Crippen LogP contribution in [-0.4, -0.2) is 41.4 Å². The van der Waals surface area contributed by atoms with E-state index >= 15 is 0 Å². The average Bonchev–Trinajstić information content (AvgIpc) is 2.45. The van der Waals surface area contributed by atoms with Crippen molar-refractivity contribution in [2.75, 3.05) is 11.5 Å². The van der Waals surface area contributed by atoms with Crippen molar-refractivity contribution in [1.29, 1.82) is 0 Å². The summed E-state index contributed by atoms with van der Waals surface area (Å²) in [4.78, 5) is 11.6. The van der Waals surface area contributed by atoms with Gasteiger partial charge in [0.05, 0.1) is 6.04 Å². The van der Waals surface area contributed by atoms with E-state index in [4.69, 9.17) is 0 Å². The molecule has 0 aliphatic carbocycles. The van der Waals surface area contributed by atoms with Crippen molar-refractivity contribution in [2.45, 2.75) is 13.0 Å². The zero-order valence-corrected chi connectivity index (χ0v) is 9.18. The SMILES string of the molecule is C=S1(=O)CC(n2nnn(/C=C/C)c2=O)C1. The summed E-state index contributed by atoms with van der Waals surface area (Å²) in [5.41, 5.74) is -0.298. The van der Waals surface area contributed by atoms with Gasteiger partial charge in [0, 0.05) is 17.7 Å². The van der Waals surface area contributed by atoms with Crippen LogP contribution in [0, 0.1) is 0 Å². The van der Waals surface area contributed by atoms with Crippen LogP contribution in [0.3, 0.4) is 0 Å². The number of hydrogen-bond donors (Lipinski definition) is 0. The molecule has 6 nitrogen and oxygen atoms in total. The fourth-order valence-corrected chi connectivity index (χ4v) is 3.11. The molecule has 2 rings (SSSR count). The number of nitrogens with zero attached hydrogens (tertiary/aromatic N) is 4. The quantitative estimate of drug-likeness (QED) is 0.621. The van der Waals surface area contributed by atoms with E-state index in [2.05, 4.69) is 16.3 Å². The second kappa shape index (κ2) is 3.34. The highest BCUT2D eigenvalue weighted by Gasteiger charge is 2.32. The highest BCUT2D eigenvalue weighted by Crippen LogP contribution is 2.20. The first-order valence-corrected chi connectivity index (χ1v) is 6.59. The first-order valence-electron chi connectivity index (χ1n) is 4.53. The summed E-state index contributed by atoms with van der Waals surface area (Å²) in [6, 6.07) is -0.110. The van der Waals surface area contributed by atoms with Gasteiger partial charge in [-0.2, -0.15) is 9.36 Å². The molecule has 0 N–H and O–H groups in total. The van der Waals surface area contributed by atoms with Gasteiger partial charge in [0.2, 0.25) is 0 Å². The van der Waals surface area contributed by atoms with E-state index in [1.165, 1.54) is 10.9 Å². The number of rotatable bonds is 2. The van der Waals surface area contributed by atoms with Crippen molar-refractivity contribution in [3.05, 3.63) is 16.6 Å². The van der Waals surface area contributed by atoms with Crippen molar-refractivity contribution in [2.24, 2.45) is 0 Å². The Morgan fingerprint density at radius 1 is 1.53 bits per heavy atom. The lowest BCUT2D eigenvalue weighted by Gasteiger charge is -2.28. The normalized spacial score (nSPS) is 30.6. The molecule has 0 saturated carbocycles. The molecule has 2 heterocycles. The minimum Gasteiger partial charge on any atom is -0.268 e. The van der Waals surface area contributed by atoms with Crippen LogP contribution in [0.15, 0.2) is 10.9 Å². The molecule has 15 heavy (non-hydrogen) atoms. The molecule has 1 saturated heterocycles. The predicted molar refractivity (Wildman–Crippen MR) is 59.3 cm³/mol. The summed E-state index contributed by atoms with van der Waals surface area (Å²) in [5.74, 6) is 4.40. The minimum absolute atomic E-state index is 0.110. The topological polar surface area (TPSA) is 69.8 Å². The molecule has 0 radical (unpaired) electrons. The third kappa shape index (κ3) is 1.74. The molecular formula is C8H12N4O2S. The van der Waals surface area contributed by atoms with Gasteiger partial charge in [-0.25, -0.2) is 4.79 Å². The number of hydrogen-bond acceptors (Lipinski definition) is 4. The highest BCUT2D eigenvalue weighted by atomic mass is 32.2. The van der Waals surface area contributed by atoms with Crippen LogP contribution < -0.4 is 5.69 Å². The fourth-order valence-electron chi connectivity index (χ4n) is 1.53. The Morgan fingerprint density at radius 3 is 2.73 bits per heavy atom. The molecule has 0 unspecified atom stereocenters. The summed E-state index contributed by atoms with van der Waals surface area (Å²) in [7, 11) is -1.95. The predicted octanol–water partition coefficient (Wildman–Crippen LogP) is -0.799. The van der Waals surface area contributed by atoms with Crippen LogP contribution in [0.1, 0.15) is 13.0 Å². The van der Waals surface area contributed by atoms with E-state index in [9.17, 15) is 9.00 Å². The Balaban J connectivity index is 2.29. The zero-order valence-electron chi connectivity index (χ0n) is 8.37. The fraction of sp³-hybridized carbons (Fsp3) is 0.500. The van der Waals surface area contributed by atoms with Crippen LogP contribution >= 0.6 is 0 Å². The van der Waals surface area contributed by atoms with Crippen LogP contribution in [-0.2, 0) is 9.52 Å². The summed E-state index contributed by atoms with van der Waals surface area (Å²) in [6.45, 7) is 1.79. The summed E-state index contributed by atoms with van der Waals surface area (Å²) >= 11 is 0. The molecule has 82 valence electrons. The van der Waals surface area contributed by atoms with Crippen LogP contribution in [0.4, 0.5) is 0 Å². The molecule has 0 amide bonds. The van der Waals surface area contributed by atoms with E-state index in [1.807, 2.05) is 0 Å². The Morgan fingerprint density at radius 2 is 2.20 bits per heavy atom. The van der Waals surface area contributed by atoms with Gasteiger partial charge in [0.25, 0.3) is 0 Å². The van der Waals surface area contributed by atoms with E-state index in [0.717, 1.165) is 4.68 Å². The highest BCUT2D eigenvalue weighted by molar-refractivity contribution is 8.01. The second-order valence-corrected chi connectivity index (χ2v) is 6.18. The summed E-state index contributed by atoms with van der Waals surface area (Å²) in [6.07, 6.45) is 3.23. The average molecular weight is 228 g/mol. The maximum atomic E-state index is 11.6. The van der Waals surface area contributed by atoms with Crippen molar-refractivity contribution in [1.82, 2.24) is 19.8 Å². The van der Waals surface area contributed by atoms with Crippen molar-refractivity contribution in [3.63, 3.8) is 0 Å². The molecule has 0 spiro atoms. The Labute approximate surface area is 87.2 Å². The van der Waals surface area contributed by atoms with Crippen molar-refractivity contribution in [3.8, 4) is 0 Å². The van der Waals surface area contributed by atoms with Crippen molar-refractivity contribution < 1.29 is 4.21 Å². The van der Waals surface area contributed by atoms with Crippen LogP contribution in [0.5, 0.6) is 0 Å². The van der Waals surface area contributed by atoms with Gasteiger partial charge in [0.15, 0.2) is 0 Å². The van der Waals surface area contributed by atoms with E-state index in [-0.39, 0.29) is 11.7 Å². The molecule has 0 bridgehead atoms. The third-order valence-corrected chi connectivity index (χ3v) is 4.24. The molecule has 0 aromatic carbocycles. The molecule has 1 aromatic heterocycles. The molecule has 1 aliphatic rings. The van der Waals surface area contributed by atoms with E-state index in [1.54, 1.807) is 13.0 Å². The number of tetrazole rings is 1. The lowest BCUT2D eigenvalue weighted by Crippen LogP contribution is -2.43. The molecule has 0 atom stereocenters. The summed E-state index contributed by atoms with van der Waals surface area (Å²) in [5, 5.41) is 7.41. The van der Waals surface area contributed by atoms with Crippen LogP contribution in [0.25, 0.3) is 6.20 Å². The van der Waals surface area contributed by atoms with Crippen molar-refractivity contribution >= 4 is 21.6 Å². The smallest absolute Gasteiger partial charge is 0.268 e. The second-order valence-electron chi connectivity index (χ2n) is 3.59. The van der Waals surface area contributed by atoms with E-state index in [0.29, 0.717) is 11.5 Å². The van der Waals surface area contributed by atoms with Gasteiger partial charge in [-0.05, 0) is 32.7 Å². The largest absolute Gasteiger partial charge is 0.368 e. The standard InChI is InChI=1S/C8H12N4O2S/c1-3-4-11-8(13)12(10-9-11)7-5-15(2,14)6-7/h3-4,7H,2,5-6H2,1H3/b4-3+. The summed E-state index contributed by atoms with van der Waals surface area (Å²) < 4.78 is 13.8. The lowest BCUT2D eigenvalue weighted by molar-refractivity contribution is 0.477. The van der Waals surface area contributed by atoms with Gasteiger partial charge < -0.3 is 0 Å². The minimum atomic E-state index is -1.95. The zero-order chi connectivity index (χ0) is 11.1. The molecule has 1 aliphatic heterocycles. The Kier molecular flexibility index (Phi) is 2.26. The third-order valence-electron chi connectivity index (χ3n) is 2.25. The Hall–Kier alpha value is -1.37. The first kappa shape index (κ1) is 10.2. The van der Waals surface area contributed by atoms with Gasteiger partial charge in [0.1, 0.15) is 0 Å². The van der Waals surface area contributed by atoms with Gasteiger partial charge in [-0.15, -0.1) is 0 Å². The maximum absolute atomic E-state index is 11.6. The Bertz CT molecular complexity index is 539. The van der Waals surface area contributed by atoms with E-state index < -0.39 is 9.52 Å². The molecule has 7 heteroatoms. The monoisotopic (exact) mass is 228 g/mol.